The quantitative estimate of drug-likeness (QED) is 0.575. The van der Waals surface area contributed by atoms with E-state index in [1.54, 1.807) is 19.5 Å². The number of amidine groups is 1. The molecule has 0 aliphatic carbocycles. The number of carbonyl (C=O) groups excluding carboxylic acids is 2. The summed E-state index contributed by atoms with van der Waals surface area (Å²) in [5.41, 5.74) is 3.72. The molecule has 1 amide bonds. The van der Waals surface area contributed by atoms with E-state index in [-0.39, 0.29) is 12.3 Å². The molecule has 8 nitrogen and oxygen atoms in total. The topological polar surface area (TPSA) is 93.1 Å². The van der Waals surface area contributed by atoms with Crippen LogP contribution in [0.1, 0.15) is 36.9 Å². The summed E-state index contributed by atoms with van der Waals surface area (Å²) in [4.78, 5) is 36.4. The van der Waals surface area contributed by atoms with Gasteiger partial charge < -0.3 is 19.7 Å². The molecule has 1 unspecified atom stereocenters. The number of nitrogens with zero attached hydrogens (tertiary/aromatic N) is 3. The van der Waals surface area contributed by atoms with E-state index in [0.717, 1.165) is 22.0 Å². The summed E-state index contributed by atoms with van der Waals surface area (Å²) >= 11 is 1.45. The Balaban J connectivity index is 1.65. The normalized spacial score (nSPS) is 17.0. The molecular formula is C25H26N4O4S. The molecule has 4 rings (SSSR count). The van der Waals surface area contributed by atoms with Gasteiger partial charge in [-0.2, -0.15) is 0 Å². The van der Waals surface area contributed by atoms with E-state index >= 15 is 0 Å². The van der Waals surface area contributed by atoms with E-state index in [0.29, 0.717) is 30.0 Å². The number of esters is 1. The largest absolute Gasteiger partial charge is 0.497 e. The van der Waals surface area contributed by atoms with Gasteiger partial charge in [0.25, 0.3) is 0 Å². The number of methoxy groups -OCH3 is 2. The van der Waals surface area contributed by atoms with Crippen molar-refractivity contribution in [3.63, 3.8) is 0 Å². The van der Waals surface area contributed by atoms with Crippen molar-refractivity contribution in [3.05, 3.63) is 82.3 Å². The van der Waals surface area contributed by atoms with Gasteiger partial charge in [-0.05, 0) is 47.2 Å². The van der Waals surface area contributed by atoms with Gasteiger partial charge >= 0.3 is 5.97 Å². The number of carbonyl (C=O) groups is 2. The summed E-state index contributed by atoms with van der Waals surface area (Å²) in [7, 11) is 2.97. The molecule has 1 N–H and O–H groups in total. The van der Waals surface area contributed by atoms with E-state index in [9.17, 15) is 9.59 Å². The summed E-state index contributed by atoms with van der Waals surface area (Å²) in [6.45, 7) is 2.37. The van der Waals surface area contributed by atoms with Gasteiger partial charge in [-0.3, -0.25) is 9.78 Å². The van der Waals surface area contributed by atoms with Gasteiger partial charge in [-0.1, -0.05) is 30.8 Å². The van der Waals surface area contributed by atoms with Crippen molar-refractivity contribution >= 4 is 28.8 Å². The van der Waals surface area contributed by atoms with Crippen molar-refractivity contribution in [2.75, 3.05) is 14.2 Å². The Kier molecular flexibility index (Phi) is 7.32. The number of aromatic nitrogens is 1. The van der Waals surface area contributed by atoms with Crippen LogP contribution < -0.4 is 10.1 Å². The highest BCUT2D eigenvalue weighted by Crippen LogP contribution is 2.45. The maximum Gasteiger partial charge on any atom is 0.338 e. The standard InChI is InChI=1S/C25H26N4O4S/c1-4-20-22(24(31)33-3)23(17-6-5-7-19(12-17)32-2)29-18(15-34-25(29)28-20)13-21(30)27-14-16-8-10-26-11-9-16/h5-12,15,23H,4,13-14H2,1-3H3,(H,27,30). The van der Waals surface area contributed by atoms with Crippen molar-refractivity contribution < 1.29 is 19.1 Å². The van der Waals surface area contributed by atoms with E-state index in [2.05, 4.69) is 10.3 Å². The van der Waals surface area contributed by atoms with Crippen LogP contribution >= 0.6 is 11.8 Å². The van der Waals surface area contributed by atoms with Crippen LogP contribution in [0.25, 0.3) is 0 Å². The molecule has 2 aromatic rings. The van der Waals surface area contributed by atoms with Crippen molar-refractivity contribution in [2.45, 2.75) is 32.4 Å². The number of aliphatic imine (C=N–C) groups is 1. The average molecular weight is 479 g/mol. The molecule has 1 aromatic heterocycles. The minimum Gasteiger partial charge on any atom is -0.497 e. The van der Waals surface area contributed by atoms with Crippen molar-refractivity contribution in [1.29, 1.82) is 0 Å². The van der Waals surface area contributed by atoms with Crippen LogP contribution in [0, 0.1) is 0 Å². The fourth-order valence-electron chi connectivity index (χ4n) is 3.97. The maximum absolute atomic E-state index is 12.9. The molecule has 0 saturated carbocycles. The summed E-state index contributed by atoms with van der Waals surface area (Å²) in [5, 5.41) is 5.61. The molecule has 0 saturated heterocycles. The number of amides is 1. The number of fused-ring (bicyclic) bond motifs is 1. The Hall–Kier alpha value is -3.59. The number of nitrogens with one attached hydrogen (secondary N) is 1. The van der Waals surface area contributed by atoms with Gasteiger partial charge in [-0.25, -0.2) is 9.79 Å². The van der Waals surface area contributed by atoms with Crippen LogP contribution in [0.15, 0.2) is 76.2 Å². The first kappa shape index (κ1) is 23.6. The third-order valence-electron chi connectivity index (χ3n) is 5.62. The Morgan fingerprint density at radius 2 is 1.97 bits per heavy atom. The second kappa shape index (κ2) is 10.6. The highest BCUT2D eigenvalue weighted by molar-refractivity contribution is 8.16. The first-order valence-electron chi connectivity index (χ1n) is 10.9. The number of hydrogen-bond acceptors (Lipinski definition) is 8. The Morgan fingerprint density at radius 1 is 1.18 bits per heavy atom. The smallest absolute Gasteiger partial charge is 0.338 e. The lowest BCUT2D eigenvalue weighted by Crippen LogP contribution is -2.38. The number of ether oxygens (including phenoxy) is 2. The number of pyridine rings is 1. The Labute approximate surface area is 202 Å². The highest BCUT2D eigenvalue weighted by atomic mass is 32.2. The van der Waals surface area contributed by atoms with Gasteiger partial charge in [0.05, 0.1) is 38.0 Å². The lowest BCUT2D eigenvalue weighted by Gasteiger charge is -2.36. The first-order valence-corrected chi connectivity index (χ1v) is 11.8. The molecule has 3 heterocycles. The molecule has 1 aromatic carbocycles. The zero-order valence-electron chi connectivity index (χ0n) is 19.3. The highest BCUT2D eigenvalue weighted by Gasteiger charge is 2.41. The van der Waals surface area contributed by atoms with E-state index < -0.39 is 12.0 Å². The fourth-order valence-corrected chi connectivity index (χ4v) is 4.91. The summed E-state index contributed by atoms with van der Waals surface area (Å²) in [6, 6.07) is 10.8. The Bertz CT molecular complexity index is 1180. The zero-order valence-corrected chi connectivity index (χ0v) is 20.1. The number of hydrogen-bond donors (Lipinski definition) is 1. The number of allylic oxidation sites excluding steroid dienone is 1. The van der Waals surface area contributed by atoms with Crippen molar-refractivity contribution in [3.8, 4) is 5.75 Å². The van der Waals surface area contributed by atoms with Crippen molar-refractivity contribution in [1.82, 2.24) is 15.2 Å². The molecule has 0 spiro atoms. The van der Waals surface area contributed by atoms with Crippen molar-refractivity contribution in [2.24, 2.45) is 4.99 Å². The molecule has 1 atom stereocenters. The maximum atomic E-state index is 12.9. The van der Waals surface area contributed by atoms with Gasteiger partial charge in [0.15, 0.2) is 5.17 Å². The van der Waals surface area contributed by atoms with Gasteiger partial charge in [0, 0.05) is 24.6 Å². The molecule has 2 aliphatic heterocycles. The predicted molar refractivity (Wildman–Crippen MR) is 131 cm³/mol. The number of rotatable bonds is 8. The fraction of sp³-hybridized carbons (Fsp3) is 0.280. The number of benzene rings is 1. The summed E-state index contributed by atoms with van der Waals surface area (Å²) < 4.78 is 10.6. The minimum atomic E-state index is -0.487. The molecule has 34 heavy (non-hydrogen) atoms. The second-order valence-electron chi connectivity index (χ2n) is 7.69. The van der Waals surface area contributed by atoms with Gasteiger partial charge in [0.1, 0.15) is 5.75 Å². The molecule has 0 fully saturated rings. The molecule has 0 bridgehead atoms. The molecule has 176 valence electrons. The van der Waals surface area contributed by atoms with Crippen LogP contribution in [0.3, 0.4) is 0 Å². The van der Waals surface area contributed by atoms with Gasteiger partial charge in [-0.15, -0.1) is 0 Å². The van der Waals surface area contributed by atoms with E-state index in [1.807, 2.05) is 53.6 Å². The van der Waals surface area contributed by atoms with Crippen LogP contribution in [0.2, 0.25) is 0 Å². The van der Waals surface area contributed by atoms with E-state index in [4.69, 9.17) is 14.5 Å². The predicted octanol–water partition coefficient (Wildman–Crippen LogP) is 3.93. The summed E-state index contributed by atoms with van der Waals surface area (Å²) in [6.07, 6.45) is 4.11. The van der Waals surface area contributed by atoms with E-state index in [1.165, 1.54) is 18.9 Å². The number of thioether (sulfide) groups is 1. The van der Waals surface area contributed by atoms with Crippen LogP contribution in [0.4, 0.5) is 0 Å². The lowest BCUT2D eigenvalue weighted by molar-refractivity contribution is -0.136. The third-order valence-corrected chi connectivity index (χ3v) is 6.51. The molecule has 0 radical (unpaired) electrons. The molecular weight excluding hydrogens is 452 g/mol. The van der Waals surface area contributed by atoms with Crippen LogP contribution in [0.5, 0.6) is 5.75 Å². The Morgan fingerprint density at radius 3 is 2.68 bits per heavy atom. The second-order valence-corrected chi connectivity index (χ2v) is 8.52. The average Bonchev–Trinajstić information content (AvgIpc) is 3.28. The van der Waals surface area contributed by atoms with Gasteiger partial charge in [0.2, 0.25) is 5.91 Å². The van der Waals surface area contributed by atoms with Crippen LogP contribution in [-0.4, -0.2) is 41.1 Å². The first-order chi connectivity index (χ1) is 16.5. The third kappa shape index (κ3) is 4.84. The lowest BCUT2D eigenvalue weighted by atomic mass is 9.92. The van der Waals surface area contributed by atoms with Crippen LogP contribution in [-0.2, 0) is 20.9 Å². The zero-order chi connectivity index (χ0) is 24.1. The molecule has 9 heteroatoms. The SMILES string of the molecule is CCC1=C(C(=O)OC)C(c2cccc(OC)c2)N2C(CC(=O)NCc3ccncc3)=CSC2=N1. The molecule has 2 aliphatic rings. The summed E-state index contributed by atoms with van der Waals surface area (Å²) in [5.74, 6) is 0.112. The monoisotopic (exact) mass is 478 g/mol. The minimum absolute atomic E-state index is 0.126.